The number of Topliss-reactive ketones (excluding diaryl/α,β-unsaturated/α-hetero) is 1. The molecule has 0 bridgehead atoms. The molecule has 0 spiro atoms. The highest BCUT2D eigenvalue weighted by Gasteiger charge is 2.28. The van der Waals surface area contributed by atoms with Crippen LogP contribution in [0, 0.1) is 0 Å². The van der Waals surface area contributed by atoms with Crippen molar-refractivity contribution >= 4 is 75.3 Å². The van der Waals surface area contributed by atoms with Gasteiger partial charge in [-0.25, -0.2) is 4.98 Å². The number of ether oxygens (including phenoxy) is 1. The predicted molar refractivity (Wildman–Crippen MR) is 217 cm³/mol. The molecule has 3 aromatic carbocycles. The van der Waals surface area contributed by atoms with Gasteiger partial charge in [-0.3, -0.25) is 29.4 Å². The second-order valence-electron chi connectivity index (χ2n) is 14.0. The number of carbonyl (C=O) groups excluding carboxylic acids is 4. The predicted octanol–water partition coefficient (Wildman–Crippen LogP) is 4.52. The monoisotopic (exact) mass is 780 g/mol. The van der Waals surface area contributed by atoms with Crippen LogP contribution in [-0.4, -0.2) is 115 Å². The van der Waals surface area contributed by atoms with Gasteiger partial charge in [0.1, 0.15) is 16.8 Å². The maximum atomic E-state index is 13.3. The molecule has 3 amide bonds. The van der Waals surface area contributed by atoms with Gasteiger partial charge in [0.05, 0.1) is 31.2 Å². The Hall–Kier alpha value is -5.93. The molecular weight excluding hydrogens is 736 g/mol. The summed E-state index contributed by atoms with van der Waals surface area (Å²) >= 11 is 6.41. The molecule has 0 aliphatic carbocycles. The number of anilines is 7. The molecule has 0 radical (unpaired) electrons. The van der Waals surface area contributed by atoms with Crippen molar-refractivity contribution in [3.8, 4) is 5.75 Å². The summed E-state index contributed by atoms with van der Waals surface area (Å²) in [6.45, 7) is 7.74. The molecule has 16 heteroatoms. The molecule has 1 unspecified atom stereocenters. The average molecular weight is 781 g/mol. The van der Waals surface area contributed by atoms with Gasteiger partial charge in [0.25, 0.3) is 0 Å². The number of aromatic nitrogens is 2. The first-order valence-corrected chi connectivity index (χ1v) is 19.1. The average Bonchev–Trinajstić information content (AvgIpc) is 3.21. The van der Waals surface area contributed by atoms with Crippen molar-refractivity contribution < 1.29 is 23.9 Å². The Morgan fingerprint density at radius 3 is 2.29 bits per heavy atom. The van der Waals surface area contributed by atoms with E-state index in [0.29, 0.717) is 85.0 Å². The molecule has 1 atom stereocenters. The second-order valence-corrected chi connectivity index (χ2v) is 14.4. The number of halogens is 1. The first kappa shape index (κ1) is 38.3. The Balaban J connectivity index is 0.876. The number of hydrogen-bond acceptors (Lipinski definition) is 13. The van der Waals surface area contributed by atoms with Crippen molar-refractivity contribution in [3.63, 3.8) is 0 Å². The van der Waals surface area contributed by atoms with Crippen LogP contribution in [0.1, 0.15) is 30.1 Å². The highest BCUT2D eigenvalue weighted by Crippen LogP contribution is 2.33. The molecule has 3 aliphatic heterocycles. The Kier molecular flexibility index (Phi) is 11.8. The number of piperazine rings is 2. The van der Waals surface area contributed by atoms with Gasteiger partial charge in [-0.2, -0.15) is 4.98 Å². The van der Waals surface area contributed by atoms with Gasteiger partial charge in [-0.05, 0) is 61.9 Å². The van der Waals surface area contributed by atoms with Crippen LogP contribution in [0.3, 0.4) is 0 Å². The zero-order chi connectivity index (χ0) is 39.2. The Bertz CT molecular complexity index is 2080. The largest absolute Gasteiger partial charge is 0.494 e. The zero-order valence-corrected chi connectivity index (χ0v) is 32.1. The summed E-state index contributed by atoms with van der Waals surface area (Å²) in [6.07, 6.45) is 2.31. The molecule has 7 rings (SSSR count). The highest BCUT2D eigenvalue weighted by molar-refractivity contribution is 6.33. The number of nitrogens with zero attached hydrogens (tertiary/aromatic N) is 6. The number of imide groups is 1. The van der Waals surface area contributed by atoms with Crippen molar-refractivity contribution in [1.29, 1.82) is 0 Å². The normalized spacial score (nSPS) is 17.6. The lowest BCUT2D eigenvalue weighted by Gasteiger charge is -2.39. The van der Waals surface area contributed by atoms with Crippen LogP contribution in [0.25, 0.3) is 0 Å². The van der Waals surface area contributed by atoms with Crippen molar-refractivity contribution in [2.45, 2.75) is 25.8 Å². The number of benzene rings is 3. The van der Waals surface area contributed by atoms with Crippen LogP contribution in [0.2, 0.25) is 5.02 Å². The van der Waals surface area contributed by atoms with Crippen molar-refractivity contribution in [1.82, 2.24) is 25.1 Å². The van der Waals surface area contributed by atoms with E-state index in [1.54, 1.807) is 25.3 Å². The van der Waals surface area contributed by atoms with Crippen LogP contribution in [-0.2, 0) is 14.4 Å². The van der Waals surface area contributed by atoms with Gasteiger partial charge in [-0.1, -0.05) is 23.7 Å². The van der Waals surface area contributed by atoms with E-state index < -0.39 is 6.04 Å². The number of piperidine rings is 1. The Morgan fingerprint density at radius 1 is 0.875 bits per heavy atom. The fourth-order valence-electron chi connectivity index (χ4n) is 7.11. The number of nitrogens with one attached hydrogen (secondary N) is 4. The van der Waals surface area contributed by atoms with Gasteiger partial charge in [0.15, 0.2) is 11.6 Å². The molecule has 292 valence electrons. The summed E-state index contributed by atoms with van der Waals surface area (Å²) in [5.74, 6) is 0.805. The molecule has 56 heavy (non-hydrogen) atoms. The summed E-state index contributed by atoms with van der Waals surface area (Å²) in [7, 11) is 1.61. The van der Waals surface area contributed by atoms with Gasteiger partial charge in [-0.15, -0.1) is 0 Å². The lowest BCUT2D eigenvalue weighted by atomic mass is 10.1. The number of hydrogen-bond donors (Lipinski definition) is 4. The van der Waals surface area contributed by atoms with E-state index in [2.05, 4.69) is 45.9 Å². The van der Waals surface area contributed by atoms with E-state index in [1.165, 1.54) is 13.1 Å². The smallest absolute Gasteiger partial charge is 0.249 e. The lowest BCUT2D eigenvalue weighted by Crippen LogP contribution is -2.54. The highest BCUT2D eigenvalue weighted by atomic mass is 35.5. The lowest BCUT2D eigenvalue weighted by molar-refractivity contribution is -0.134. The molecule has 3 fully saturated rings. The number of carbonyl (C=O) groups is 4. The SMILES string of the molecule is COc1cc(N2CCN(C(=O)CN3CCN(c4ccc(NC5CCC(=O)NC5=O)cc4)CC3)CC2)ccc1Nc1ncc(Cl)c(Nc2ccccc2C(C)=O)n1. The van der Waals surface area contributed by atoms with E-state index in [-0.39, 0.29) is 23.5 Å². The van der Waals surface area contributed by atoms with E-state index in [1.807, 2.05) is 53.4 Å². The Labute approximate surface area is 330 Å². The molecule has 3 aliphatic rings. The summed E-state index contributed by atoms with van der Waals surface area (Å²) in [5.41, 5.74) is 4.70. The van der Waals surface area contributed by atoms with E-state index in [9.17, 15) is 19.2 Å². The van der Waals surface area contributed by atoms with Crippen molar-refractivity contribution in [2.24, 2.45) is 0 Å². The number of amides is 3. The standard InChI is InChI=1S/C40H45ClN10O5/c1-26(52)30-5-3-4-6-32(30)44-38-31(41)24-42-40(47-38)45-33-12-11-29(23-35(33)56-2)50-19-21-51(22-20-50)37(54)25-48-15-17-49(18-16-48)28-9-7-27(8-10-28)43-34-13-14-36(53)46-39(34)55/h3-12,23-24,34,43H,13-22,25H2,1-2H3,(H,46,53,55)(H2,42,44,45,47). The van der Waals surface area contributed by atoms with Gasteiger partial charge in [0, 0.05) is 87.5 Å². The third kappa shape index (κ3) is 9.12. The third-order valence-electron chi connectivity index (χ3n) is 10.3. The molecule has 3 saturated heterocycles. The summed E-state index contributed by atoms with van der Waals surface area (Å²) < 4.78 is 5.74. The maximum absolute atomic E-state index is 13.3. The number of para-hydroxylation sites is 1. The quantitative estimate of drug-likeness (QED) is 0.117. The minimum atomic E-state index is -0.414. The van der Waals surface area contributed by atoms with Gasteiger partial charge >= 0.3 is 0 Å². The minimum absolute atomic E-state index is 0.0787. The molecular formula is C40H45ClN10O5. The van der Waals surface area contributed by atoms with Gasteiger partial charge in [0.2, 0.25) is 23.7 Å². The van der Waals surface area contributed by atoms with E-state index >= 15 is 0 Å². The molecule has 4 heterocycles. The fourth-order valence-corrected chi connectivity index (χ4v) is 7.25. The molecule has 4 aromatic rings. The minimum Gasteiger partial charge on any atom is -0.494 e. The molecule has 15 nitrogen and oxygen atoms in total. The zero-order valence-electron chi connectivity index (χ0n) is 31.4. The molecule has 1 aromatic heterocycles. The van der Waals surface area contributed by atoms with Gasteiger partial charge < -0.3 is 35.4 Å². The second kappa shape index (κ2) is 17.3. The number of methoxy groups -OCH3 is 1. The van der Waals surface area contributed by atoms with E-state index in [4.69, 9.17) is 16.3 Å². The summed E-state index contributed by atoms with van der Waals surface area (Å²) in [5, 5.41) is 12.3. The van der Waals surface area contributed by atoms with E-state index in [0.717, 1.165) is 43.2 Å². The maximum Gasteiger partial charge on any atom is 0.249 e. The number of ketones is 1. The topological polar surface area (TPSA) is 164 Å². The summed E-state index contributed by atoms with van der Waals surface area (Å²) in [6, 6.07) is 20.6. The van der Waals surface area contributed by atoms with Crippen LogP contribution < -0.4 is 35.8 Å². The fraction of sp³-hybridized carbons (Fsp3) is 0.350. The molecule has 0 saturated carbocycles. The third-order valence-corrected chi connectivity index (χ3v) is 10.6. The van der Waals surface area contributed by atoms with Crippen molar-refractivity contribution in [3.05, 3.63) is 83.5 Å². The van der Waals surface area contributed by atoms with Crippen LogP contribution in [0.4, 0.5) is 40.2 Å². The number of rotatable bonds is 12. The summed E-state index contributed by atoms with van der Waals surface area (Å²) in [4.78, 5) is 66.6. The Morgan fingerprint density at radius 2 is 1.57 bits per heavy atom. The van der Waals surface area contributed by atoms with Crippen molar-refractivity contribution in [2.75, 3.05) is 91.8 Å². The van der Waals surface area contributed by atoms with Crippen LogP contribution >= 0.6 is 11.6 Å². The first-order valence-electron chi connectivity index (χ1n) is 18.7. The molecule has 4 N–H and O–H groups in total. The van der Waals surface area contributed by atoms with Crippen LogP contribution in [0.15, 0.2) is 72.9 Å². The van der Waals surface area contributed by atoms with Crippen LogP contribution in [0.5, 0.6) is 5.75 Å². The first-order chi connectivity index (χ1) is 27.1.